The first-order valence-corrected chi connectivity index (χ1v) is 8.37. The lowest BCUT2D eigenvalue weighted by Crippen LogP contribution is -2.41. The molecule has 2 N–H and O–H groups in total. The van der Waals surface area contributed by atoms with Gasteiger partial charge in [0.25, 0.3) is 0 Å². The van der Waals surface area contributed by atoms with Crippen molar-refractivity contribution in [2.24, 2.45) is 7.05 Å². The van der Waals surface area contributed by atoms with Gasteiger partial charge >= 0.3 is 0 Å². The van der Waals surface area contributed by atoms with E-state index in [1.165, 1.54) is 0 Å². The molecule has 3 rings (SSSR count). The number of hydrogen-bond acceptors (Lipinski definition) is 4. The lowest BCUT2D eigenvalue weighted by molar-refractivity contribution is -0.121. The second-order valence-corrected chi connectivity index (χ2v) is 6.43. The van der Waals surface area contributed by atoms with Crippen LogP contribution in [0.1, 0.15) is 12.2 Å². The number of thioether (sulfide) groups is 1. The number of carbonyl (C=O) groups is 1. The second-order valence-electron chi connectivity index (χ2n) is 5.28. The van der Waals surface area contributed by atoms with E-state index in [-0.39, 0.29) is 30.7 Å². The van der Waals surface area contributed by atoms with E-state index in [2.05, 4.69) is 15.6 Å². The molecule has 23 heavy (non-hydrogen) atoms. The molecule has 1 aliphatic rings. The van der Waals surface area contributed by atoms with Gasteiger partial charge < -0.3 is 15.2 Å². The Labute approximate surface area is 152 Å². The quantitative estimate of drug-likeness (QED) is 0.857. The van der Waals surface area contributed by atoms with E-state index in [1.807, 2.05) is 47.6 Å². The third-order valence-corrected chi connectivity index (χ3v) is 4.88. The van der Waals surface area contributed by atoms with Crippen LogP contribution in [0.15, 0.2) is 24.3 Å². The van der Waals surface area contributed by atoms with Crippen molar-refractivity contribution in [1.82, 2.24) is 20.2 Å². The van der Waals surface area contributed by atoms with Crippen LogP contribution in [0.3, 0.4) is 0 Å². The van der Waals surface area contributed by atoms with Gasteiger partial charge in [-0.2, -0.15) is 11.8 Å². The van der Waals surface area contributed by atoms with Crippen molar-refractivity contribution in [2.75, 3.05) is 18.1 Å². The fourth-order valence-corrected chi connectivity index (χ4v) is 3.53. The zero-order valence-electron chi connectivity index (χ0n) is 12.9. The van der Waals surface area contributed by atoms with Gasteiger partial charge in [-0.15, -0.1) is 24.8 Å². The molecule has 1 atom stereocenters. The number of amides is 1. The van der Waals surface area contributed by atoms with Crippen LogP contribution in [0.4, 0.5) is 0 Å². The number of carbonyl (C=O) groups excluding carboxylic acids is 1. The molecule has 128 valence electrons. The first kappa shape index (κ1) is 20.1. The summed E-state index contributed by atoms with van der Waals surface area (Å²) in [5, 5.41) is 6.36. The van der Waals surface area contributed by atoms with Gasteiger partial charge in [0.1, 0.15) is 5.82 Å². The van der Waals surface area contributed by atoms with Gasteiger partial charge in [0.2, 0.25) is 5.91 Å². The monoisotopic (exact) mass is 376 g/mol. The minimum absolute atomic E-state index is 0. The number of nitrogens with one attached hydrogen (secondary N) is 2. The fraction of sp³-hybridized carbons (Fsp3) is 0.467. The molecular weight excluding hydrogens is 355 g/mol. The van der Waals surface area contributed by atoms with Gasteiger partial charge in [-0.3, -0.25) is 4.79 Å². The molecule has 5 nitrogen and oxygen atoms in total. The van der Waals surface area contributed by atoms with Crippen molar-refractivity contribution in [3.8, 4) is 0 Å². The summed E-state index contributed by atoms with van der Waals surface area (Å²) in [7, 11) is 1.98. The Bertz CT molecular complexity index is 643. The van der Waals surface area contributed by atoms with Gasteiger partial charge in [-0.1, -0.05) is 12.1 Å². The number of nitrogens with zero attached hydrogens (tertiary/aromatic N) is 2. The molecule has 1 saturated heterocycles. The summed E-state index contributed by atoms with van der Waals surface area (Å²) in [6.45, 7) is 1.47. The van der Waals surface area contributed by atoms with Gasteiger partial charge in [0, 0.05) is 37.6 Å². The highest BCUT2D eigenvalue weighted by Crippen LogP contribution is 2.14. The maximum atomic E-state index is 12.0. The molecule has 1 aliphatic heterocycles. The van der Waals surface area contributed by atoms with Crippen LogP contribution < -0.4 is 10.6 Å². The van der Waals surface area contributed by atoms with Gasteiger partial charge in [0.15, 0.2) is 0 Å². The third kappa shape index (κ3) is 5.01. The number of fused-ring (bicyclic) bond motifs is 1. The van der Waals surface area contributed by atoms with Crippen molar-refractivity contribution in [2.45, 2.75) is 19.0 Å². The third-order valence-electron chi connectivity index (χ3n) is 3.75. The molecule has 2 aromatic rings. The zero-order valence-corrected chi connectivity index (χ0v) is 15.4. The van der Waals surface area contributed by atoms with Crippen LogP contribution >= 0.6 is 36.6 Å². The summed E-state index contributed by atoms with van der Waals surface area (Å²) in [5.41, 5.74) is 2.06. The molecule has 0 bridgehead atoms. The normalized spacial score (nSPS) is 17.2. The molecule has 0 radical (unpaired) electrons. The number of halogens is 2. The number of para-hydroxylation sites is 2. The van der Waals surface area contributed by atoms with Crippen molar-refractivity contribution < 1.29 is 4.79 Å². The van der Waals surface area contributed by atoms with E-state index in [9.17, 15) is 4.79 Å². The fourth-order valence-electron chi connectivity index (χ4n) is 2.58. The molecule has 1 fully saturated rings. The Morgan fingerprint density at radius 3 is 2.91 bits per heavy atom. The van der Waals surface area contributed by atoms with Crippen molar-refractivity contribution in [1.29, 1.82) is 0 Å². The van der Waals surface area contributed by atoms with Crippen LogP contribution in [0.2, 0.25) is 0 Å². The van der Waals surface area contributed by atoms with Crippen LogP contribution in [-0.2, 0) is 18.4 Å². The molecule has 1 aromatic heterocycles. The number of aromatic nitrogens is 2. The summed E-state index contributed by atoms with van der Waals surface area (Å²) in [5.74, 6) is 3.12. The molecular formula is C15H22Cl2N4OS. The number of imidazole rings is 1. The molecule has 1 unspecified atom stereocenters. The van der Waals surface area contributed by atoms with E-state index in [0.29, 0.717) is 19.0 Å². The summed E-state index contributed by atoms with van der Waals surface area (Å²) >= 11 is 1.91. The van der Waals surface area contributed by atoms with Gasteiger partial charge in [-0.05, 0) is 12.1 Å². The predicted molar refractivity (Wildman–Crippen MR) is 101 cm³/mol. The SMILES string of the molecule is Cl.Cl.Cn1c(CNC(=O)CC2CSCCN2)nc2ccccc21. The zero-order chi connectivity index (χ0) is 14.7. The highest BCUT2D eigenvalue weighted by atomic mass is 35.5. The number of hydrogen-bond donors (Lipinski definition) is 2. The van der Waals surface area contributed by atoms with Gasteiger partial charge in [0.05, 0.1) is 17.6 Å². The smallest absolute Gasteiger partial charge is 0.221 e. The molecule has 8 heteroatoms. The van der Waals surface area contributed by atoms with E-state index in [1.54, 1.807) is 0 Å². The molecule has 0 saturated carbocycles. The number of aryl methyl sites for hydroxylation is 1. The first-order valence-electron chi connectivity index (χ1n) is 7.22. The maximum Gasteiger partial charge on any atom is 0.221 e. The average molecular weight is 377 g/mol. The Kier molecular flexibility index (Phi) is 8.19. The molecule has 1 aromatic carbocycles. The van der Waals surface area contributed by atoms with E-state index in [4.69, 9.17) is 0 Å². The van der Waals surface area contributed by atoms with E-state index >= 15 is 0 Å². The van der Waals surface area contributed by atoms with Crippen molar-refractivity contribution in [3.63, 3.8) is 0 Å². The lowest BCUT2D eigenvalue weighted by atomic mass is 10.2. The first-order chi connectivity index (χ1) is 10.2. The maximum absolute atomic E-state index is 12.0. The standard InChI is InChI=1S/C15H20N4OS.2ClH/c1-19-13-5-3-2-4-12(13)18-14(19)9-17-15(20)8-11-10-21-7-6-16-11;;/h2-5,11,16H,6-10H2,1H3,(H,17,20);2*1H. The van der Waals surface area contributed by atoms with Crippen LogP contribution in [-0.4, -0.2) is 39.6 Å². The lowest BCUT2D eigenvalue weighted by Gasteiger charge is -2.22. The summed E-state index contributed by atoms with van der Waals surface area (Å²) in [6.07, 6.45) is 0.539. The Hall–Kier alpha value is -0.950. The number of rotatable bonds is 4. The van der Waals surface area contributed by atoms with E-state index in [0.717, 1.165) is 34.9 Å². The molecule has 0 spiro atoms. The molecule has 1 amide bonds. The highest BCUT2D eigenvalue weighted by molar-refractivity contribution is 7.99. The van der Waals surface area contributed by atoms with Gasteiger partial charge in [-0.25, -0.2) is 4.98 Å². The number of benzene rings is 1. The minimum atomic E-state index is 0. The summed E-state index contributed by atoms with van der Waals surface area (Å²) < 4.78 is 2.03. The van der Waals surface area contributed by atoms with E-state index < -0.39 is 0 Å². The van der Waals surface area contributed by atoms with Crippen molar-refractivity contribution >= 4 is 53.5 Å². The minimum Gasteiger partial charge on any atom is -0.349 e. The second kappa shape index (κ2) is 9.37. The topological polar surface area (TPSA) is 59.0 Å². The summed E-state index contributed by atoms with van der Waals surface area (Å²) in [4.78, 5) is 16.6. The molecule has 2 heterocycles. The van der Waals surface area contributed by atoms with Crippen LogP contribution in [0, 0.1) is 0 Å². The highest BCUT2D eigenvalue weighted by Gasteiger charge is 2.17. The molecule has 0 aliphatic carbocycles. The van der Waals surface area contributed by atoms with Crippen molar-refractivity contribution in [3.05, 3.63) is 30.1 Å². The average Bonchev–Trinajstić information content (AvgIpc) is 2.83. The Morgan fingerprint density at radius 2 is 2.22 bits per heavy atom. The van der Waals surface area contributed by atoms with Crippen LogP contribution in [0.25, 0.3) is 11.0 Å². The Morgan fingerprint density at radius 1 is 1.43 bits per heavy atom. The van der Waals surface area contributed by atoms with Crippen LogP contribution in [0.5, 0.6) is 0 Å². The summed E-state index contributed by atoms with van der Waals surface area (Å²) in [6, 6.07) is 8.30. The predicted octanol–water partition coefficient (Wildman–Crippen LogP) is 2.13. The largest absolute Gasteiger partial charge is 0.349 e. The Balaban J connectivity index is 0.00000132.